The zero-order valence-electron chi connectivity index (χ0n) is 30.6. The van der Waals surface area contributed by atoms with Crippen molar-refractivity contribution in [2.24, 2.45) is 21.9 Å². The number of carbonyl (C=O) groups excluding carboxylic acids is 1. The fourth-order valence-electron chi connectivity index (χ4n) is 5.87. The molecule has 2 aromatic rings. The van der Waals surface area contributed by atoms with E-state index < -0.39 is 71.1 Å². The third-order valence-electron chi connectivity index (χ3n) is 8.15. The summed E-state index contributed by atoms with van der Waals surface area (Å²) in [5.74, 6) is 6.09. The van der Waals surface area contributed by atoms with Gasteiger partial charge in [0, 0.05) is 42.7 Å². The molecule has 0 spiro atoms. The summed E-state index contributed by atoms with van der Waals surface area (Å²) < 4.78 is 66.3. The highest BCUT2D eigenvalue weighted by Crippen LogP contribution is 2.66. The van der Waals surface area contributed by atoms with Crippen molar-refractivity contribution in [3.63, 3.8) is 0 Å². The number of nitro groups is 1. The lowest BCUT2D eigenvalue weighted by molar-refractivity contribution is -0.386. The predicted octanol–water partition coefficient (Wildman–Crippen LogP) is 3.12. The number of anilines is 1. The van der Waals surface area contributed by atoms with Crippen molar-refractivity contribution in [2.45, 2.75) is 84.3 Å². The molecule has 1 saturated heterocycles. The van der Waals surface area contributed by atoms with Crippen LogP contribution in [0.15, 0.2) is 23.3 Å². The highest BCUT2D eigenvalue weighted by Gasteiger charge is 2.44. The maximum Gasteiger partial charge on any atom is 0.490 e. The molecule has 0 amide bonds. The van der Waals surface area contributed by atoms with Gasteiger partial charge >= 0.3 is 23.5 Å². The third kappa shape index (κ3) is 11.8. The molecule has 23 nitrogen and oxygen atoms in total. The molecular weight excluding hydrogens is 809 g/mol. The Morgan fingerprint density at radius 3 is 2.46 bits per heavy atom. The van der Waals surface area contributed by atoms with Gasteiger partial charge in [-0.3, -0.25) is 19.4 Å². The summed E-state index contributed by atoms with van der Waals surface area (Å²) >= 11 is 0. The Kier molecular flexibility index (Phi) is 14.1. The zero-order chi connectivity index (χ0) is 42.0. The van der Waals surface area contributed by atoms with Crippen LogP contribution in [0.5, 0.6) is 5.75 Å². The van der Waals surface area contributed by atoms with Crippen LogP contribution in [0.1, 0.15) is 87.7 Å². The average Bonchev–Trinajstić information content (AvgIpc) is 3.59. The van der Waals surface area contributed by atoms with Gasteiger partial charge in [0.15, 0.2) is 5.96 Å². The molecule has 1 aromatic carbocycles. The molecule has 0 aliphatic carbocycles. The van der Waals surface area contributed by atoms with Crippen molar-refractivity contribution in [2.75, 3.05) is 19.0 Å². The smallest absolute Gasteiger partial charge is 0.490 e. The number of hydrogen-bond acceptors (Lipinski definition) is 17. The van der Waals surface area contributed by atoms with Crippen LogP contribution in [-0.2, 0) is 47.7 Å². The van der Waals surface area contributed by atoms with Crippen LogP contribution in [0.25, 0.3) is 0 Å². The van der Waals surface area contributed by atoms with E-state index in [2.05, 4.69) is 35.3 Å². The van der Waals surface area contributed by atoms with Crippen molar-refractivity contribution < 1.29 is 75.4 Å². The Labute approximate surface area is 319 Å². The number of nitrogens with one attached hydrogen (secondary N) is 1. The number of benzene rings is 1. The summed E-state index contributed by atoms with van der Waals surface area (Å²) in [6.45, 7) is 5.79. The molecule has 7 atom stereocenters. The number of nitrogens with zero attached hydrogens (tertiary/aromatic N) is 3. The van der Waals surface area contributed by atoms with Gasteiger partial charge in [-0.05, 0) is 18.4 Å². The minimum absolute atomic E-state index is 0.0494. The summed E-state index contributed by atoms with van der Waals surface area (Å²) in [7, 11) is -15.5. The molecule has 1 fully saturated rings. The van der Waals surface area contributed by atoms with Gasteiger partial charge in [-0.1, -0.05) is 32.6 Å². The topological polar surface area (TPSA) is 349 Å². The van der Waals surface area contributed by atoms with Crippen LogP contribution < -0.4 is 21.5 Å². The molecule has 310 valence electrons. The Hall–Kier alpha value is -3.55. The maximum atomic E-state index is 12.4. The van der Waals surface area contributed by atoms with Crippen LogP contribution in [0.2, 0.25) is 0 Å². The molecular formula is C30H43N6O17P3. The Morgan fingerprint density at radius 1 is 1.20 bits per heavy atom. The molecule has 4 rings (SSSR count). The monoisotopic (exact) mass is 852 g/mol. The third-order valence-corrected chi connectivity index (χ3v) is 12.0. The van der Waals surface area contributed by atoms with E-state index in [0.29, 0.717) is 11.1 Å². The molecule has 2 aliphatic rings. The SMILES string of the molecule is COc1cc([C@@H](OCc2cn([C@H]3CC(O)[C@@H](COP(=O)(O)OP(=O)(O)OP(=O)(O)O)O3)c3c2C(N)N=C(N)N3)C(C)(C)C)c([N+](=O)[O-])cc1C#CCCC(C)=O. The summed E-state index contributed by atoms with van der Waals surface area (Å²) in [4.78, 5) is 64.1. The number of methoxy groups -OCH3 is 1. The average molecular weight is 853 g/mol. The molecule has 4 unspecified atom stereocenters. The fourth-order valence-corrected chi connectivity index (χ4v) is 8.90. The zero-order valence-corrected chi connectivity index (χ0v) is 33.3. The van der Waals surface area contributed by atoms with Crippen molar-refractivity contribution >= 4 is 46.7 Å². The number of ether oxygens (including phenoxy) is 3. The molecule has 2 aliphatic heterocycles. The molecule has 1 aromatic heterocycles. The number of guanidine groups is 1. The van der Waals surface area contributed by atoms with Crippen LogP contribution in [0.4, 0.5) is 11.5 Å². The molecule has 0 saturated carbocycles. The lowest BCUT2D eigenvalue weighted by Gasteiger charge is -2.31. The standard InChI is InChI=1S/C30H43N6O17P3/c1-16(37)8-6-7-9-17-10-20(36(39)40)19(11-22(17)48-5)26(30(2,3)4)49-14-18-13-35(28-25(18)27(31)33-29(32)34-28)24-12-21(38)23(51-24)15-50-55(44,45)53-56(46,47)52-54(41,42)43/h10-11,13,21,23-24,26-27,38H,6,8,12,14-15,31H2,1-5H3,(H,44,45)(H,46,47)(H3,32,33,34)(H2,41,42,43)/t21?,23-,24-,26-,27?/m1/s1. The van der Waals surface area contributed by atoms with Gasteiger partial charge in [-0.15, -0.1) is 0 Å². The second kappa shape index (κ2) is 17.5. The largest absolute Gasteiger partial charge is 0.495 e. The second-order valence-corrected chi connectivity index (χ2v) is 18.1. The van der Waals surface area contributed by atoms with Gasteiger partial charge in [0.2, 0.25) is 0 Å². The van der Waals surface area contributed by atoms with Gasteiger partial charge in [0.05, 0.1) is 48.6 Å². The van der Waals surface area contributed by atoms with E-state index in [9.17, 15) is 43.5 Å². The first-order valence-corrected chi connectivity index (χ1v) is 21.0. The Balaban J connectivity index is 1.61. The lowest BCUT2D eigenvalue weighted by Crippen LogP contribution is -2.32. The van der Waals surface area contributed by atoms with Gasteiger partial charge < -0.3 is 60.2 Å². The number of hydrogen-bond donors (Lipinski definition) is 8. The minimum Gasteiger partial charge on any atom is -0.495 e. The number of phosphoric acid groups is 3. The van der Waals surface area contributed by atoms with Crippen molar-refractivity contribution in [3.8, 4) is 17.6 Å². The lowest BCUT2D eigenvalue weighted by atomic mass is 9.83. The van der Waals surface area contributed by atoms with Crippen molar-refractivity contribution in [3.05, 3.63) is 50.7 Å². The highest BCUT2D eigenvalue weighted by molar-refractivity contribution is 7.66. The number of Topliss-reactive ketones (excluding diaryl/α,β-unsaturated/α-hetero) is 1. The number of rotatable bonds is 16. The summed E-state index contributed by atoms with van der Waals surface area (Å²) in [6.07, 6.45) is -3.82. The molecule has 10 N–H and O–H groups in total. The molecule has 3 heterocycles. The van der Waals surface area contributed by atoms with E-state index in [-0.39, 0.29) is 66.0 Å². The van der Waals surface area contributed by atoms with E-state index in [1.807, 2.05) is 20.8 Å². The predicted molar refractivity (Wildman–Crippen MR) is 194 cm³/mol. The fraction of sp³-hybridized carbons (Fsp3) is 0.533. The number of aromatic nitrogens is 1. The van der Waals surface area contributed by atoms with Crippen molar-refractivity contribution in [1.29, 1.82) is 0 Å². The molecule has 0 bridgehead atoms. The first-order chi connectivity index (χ1) is 25.8. The Morgan fingerprint density at radius 2 is 1.88 bits per heavy atom. The number of ketones is 1. The quantitative estimate of drug-likeness (QED) is 0.0520. The van der Waals surface area contributed by atoms with Gasteiger partial charge in [0.1, 0.15) is 35.8 Å². The van der Waals surface area contributed by atoms with Gasteiger partial charge in [-0.25, -0.2) is 18.7 Å². The summed E-state index contributed by atoms with van der Waals surface area (Å²) in [5, 5.41) is 26.1. The van der Waals surface area contributed by atoms with E-state index in [4.69, 9.17) is 35.5 Å². The second-order valence-electron chi connectivity index (χ2n) is 13.7. The van der Waals surface area contributed by atoms with Gasteiger partial charge in [-0.2, -0.15) is 8.62 Å². The number of nitro benzene ring substituents is 1. The first kappa shape index (κ1) is 45.2. The van der Waals surface area contributed by atoms with Crippen LogP contribution in [-0.4, -0.2) is 71.8 Å². The normalized spacial score (nSPS) is 22.4. The number of phosphoric ester groups is 1. The van der Waals surface area contributed by atoms with E-state index in [1.54, 1.807) is 6.20 Å². The number of aliphatic hydroxyl groups excluding tert-OH is 1. The number of nitrogens with two attached hydrogens (primary N) is 2. The van der Waals surface area contributed by atoms with Gasteiger partial charge in [0.25, 0.3) is 5.69 Å². The number of fused-ring (bicyclic) bond motifs is 1. The van der Waals surface area contributed by atoms with E-state index in [1.165, 1.54) is 30.7 Å². The number of aliphatic imine (C=N–C) groups is 1. The number of carbonyl (C=O) groups is 1. The molecule has 56 heavy (non-hydrogen) atoms. The van der Waals surface area contributed by atoms with Crippen LogP contribution in [0.3, 0.4) is 0 Å². The van der Waals surface area contributed by atoms with E-state index >= 15 is 0 Å². The number of aliphatic hydroxyl groups is 1. The summed E-state index contributed by atoms with van der Waals surface area (Å²) in [5.41, 5.74) is 12.6. The minimum atomic E-state index is -5.78. The van der Waals surface area contributed by atoms with E-state index in [0.717, 1.165) is 0 Å². The molecule has 26 heteroatoms. The molecule has 0 radical (unpaired) electrons. The highest BCUT2D eigenvalue weighted by atomic mass is 31.3. The maximum absolute atomic E-state index is 12.4. The first-order valence-electron chi connectivity index (χ1n) is 16.5. The van der Waals surface area contributed by atoms with Crippen LogP contribution >= 0.6 is 23.5 Å². The van der Waals surface area contributed by atoms with Crippen LogP contribution in [0, 0.1) is 27.4 Å². The Bertz CT molecular complexity index is 2070. The van der Waals surface area contributed by atoms with Crippen molar-refractivity contribution in [1.82, 2.24) is 4.57 Å². The summed E-state index contributed by atoms with van der Waals surface area (Å²) in [6, 6.07) is 2.77.